The molecule has 0 amide bonds. The molecule has 2 nitrogen and oxygen atoms in total. The molecule has 2 heterocycles. The normalized spacial score (nSPS) is 16.6. The zero-order valence-electron chi connectivity index (χ0n) is 7.46. The third-order valence-electron chi connectivity index (χ3n) is 2.01. The number of oxazole rings is 1. The standard InChI is InChI=1S/C9H13NOS/c1-6(2)9-10-7-3-4-12-5-8(7)11-9/h6H,3-5H2,1-2H3. The molecule has 0 aliphatic carbocycles. The van der Waals surface area contributed by atoms with Crippen molar-refractivity contribution in [3.63, 3.8) is 0 Å². The van der Waals surface area contributed by atoms with E-state index in [9.17, 15) is 0 Å². The summed E-state index contributed by atoms with van der Waals surface area (Å²) >= 11 is 1.93. The van der Waals surface area contributed by atoms with Crippen LogP contribution in [0.25, 0.3) is 0 Å². The fourth-order valence-corrected chi connectivity index (χ4v) is 2.19. The van der Waals surface area contributed by atoms with Gasteiger partial charge in [-0.15, -0.1) is 0 Å². The van der Waals surface area contributed by atoms with Crippen LogP contribution in [0.4, 0.5) is 0 Å². The van der Waals surface area contributed by atoms with E-state index in [1.807, 2.05) is 11.8 Å². The Hall–Kier alpha value is -0.440. The van der Waals surface area contributed by atoms with E-state index in [1.54, 1.807) is 0 Å². The lowest BCUT2D eigenvalue weighted by atomic mass is 10.2. The average Bonchev–Trinajstić information content (AvgIpc) is 2.46. The van der Waals surface area contributed by atoms with Gasteiger partial charge in [0.2, 0.25) is 0 Å². The van der Waals surface area contributed by atoms with Gasteiger partial charge in [-0.1, -0.05) is 13.8 Å². The van der Waals surface area contributed by atoms with Crippen LogP contribution in [0, 0.1) is 0 Å². The van der Waals surface area contributed by atoms with Crippen LogP contribution in [0.2, 0.25) is 0 Å². The molecule has 0 N–H and O–H groups in total. The molecule has 0 unspecified atom stereocenters. The summed E-state index contributed by atoms with van der Waals surface area (Å²) < 4.78 is 5.64. The largest absolute Gasteiger partial charge is 0.444 e. The maximum absolute atomic E-state index is 5.64. The van der Waals surface area contributed by atoms with Gasteiger partial charge in [-0.25, -0.2) is 4.98 Å². The molecule has 1 aliphatic heterocycles. The number of hydrogen-bond donors (Lipinski definition) is 0. The van der Waals surface area contributed by atoms with E-state index in [0.717, 1.165) is 23.8 Å². The number of thioether (sulfide) groups is 1. The van der Waals surface area contributed by atoms with Gasteiger partial charge in [0.1, 0.15) is 5.76 Å². The lowest BCUT2D eigenvalue weighted by Crippen LogP contribution is -1.99. The zero-order chi connectivity index (χ0) is 8.55. The number of fused-ring (bicyclic) bond motifs is 1. The van der Waals surface area contributed by atoms with Crippen LogP contribution in [0.15, 0.2) is 4.42 Å². The van der Waals surface area contributed by atoms with Gasteiger partial charge in [-0.2, -0.15) is 11.8 Å². The lowest BCUT2D eigenvalue weighted by molar-refractivity contribution is 0.446. The van der Waals surface area contributed by atoms with E-state index in [-0.39, 0.29) is 0 Å². The van der Waals surface area contributed by atoms with Gasteiger partial charge >= 0.3 is 0 Å². The van der Waals surface area contributed by atoms with Gasteiger partial charge in [-0.3, -0.25) is 0 Å². The molecule has 1 aromatic rings. The summed E-state index contributed by atoms with van der Waals surface area (Å²) in [7, 11) is 0. The predicted octanol–water partition coefficient (Wildman–Crippen LogP) is 2.59. The van der Waals surface area contributed by atoms with Gasteiger partial charge < -0.3 is 4.42 Å². The van der Waals surface area contributed by atoms with Crippen molar-refractivity contribution in [1.29, 1.82) is 0 Å². The topological polar surface area (TPSA) is 26.0 Å². The highest BCUT2D eigenvalue weighted by Gasteiger charge is 2.18. The Kier molecular flexibility index (Phi) is 2.13. The molecule has 0 saturated carbocycles. The van der Waals surface area contributed by atoms with Gasteiger partial charge in [0.15, 0.2) is 5.89 Å². The molecule has 1 aliphatic rings. The summed E-state index contributed by atoms with van der Waals surface area (Å²) in [4.78, 5) is 4.47. The summed E-state index contributed by atoms with van der Waals surface area (Å²) in [6, 6.07) is 0. The lowest BCUT2D eigenvalue weighted by Gasteiger charge is -2.05. The molecule has 0 spiro atoms. The fourth-order valence-electron chi connectivity index (χ4n) is 1.29. The van der Waals surface area contributed by atoms with E-state index >= 15 is 0 Å². The Morgan fingerprint density at radius 2 is 2.33 bits per heavy atom. The first-order valence-corrected chi connectivity index (χ1v) is 5.49. The predicted molar refractivity (Wildman–Crippen MR) is 50.5 cm³/mol. The summed E-state index contributed by atoms with van der Waals surface area (Å²) in [6.45, 7) is 4.23. The highest BCUT2D eigenvalue weighted by molar-refractivity contribution is 7.98. The monoisotopic (exact) mass is 183 g/mol. The number of aryl methyl sites for hydroxylation is 1. The van der Waals surface area contributed by atoms with Crippen molar-refractivity contribution < 1.29 is 4.42 Å². The van der Waals surface area contributed by atoms with E-state index < -0.39 is 0 Å². The highest BCUT2D eigenvalue weighted by Crippen LogP contribution is 2.27. The molecule has 66 valence electrons. The summed E-state index contributed by atoms with van der Waals surface area (Å²) in [5.74, 6) is 4.63. The highest BCUT2D eigenvalue weighted by atomic mass is 32.2. The number of hydrogen-bond acceptors (Lipinski definition) is 3. The average molecular weight is 183 g/mol. The van der Waals surface area contributed by atoms with Crippen LogP contribution in [0.3, 0.4) is 0 Å². The van der Waals surface area contributed by atoms with Gasteiger partial charge in [0, 0.05) is 12.3 Å². The maximum Gasteiger partial charge on any atom is 0.197 e. The quantitative estimate of drug-likeness (QED) is 0.669. The van der Waals surface area contributed by atoms with Crippen LogP contribution in [0.5, 0.6) is 0 Å². The fraction of sp³-hybridized carbons (Fsp3) is 0.667. The number of aromatic nitrogens is 1. The van der Waals surface area contributed by atoms with E-state index in [1.165, 1.54) is 11.4 Å². The molecular weight excluding hydrogens is 170 g/mol. The second kappa shape index (κ2) is 3.13. The van der Waals surface area contributed by atoms with Crippen molar-refractivity contribution in [2.45, 2.75) is 31.9 Å². The van der Waals surface area contributed by atoms with Gasteiger partial charge in [0.05, 0.1) is 11.4 Å². The van der Waals surface area contributed by atoms with Crippen molar-refractivity contribution in [2.75, 3.05) is 5.75 Å². The second-order valence-corrected chi connectivity index (χ2v) is 4.48. The van der Waals surface area contributed by atoms with E-state index in [2.05, 4.69) is 18.8 Å². The zero-order valence-corrected chi connectivity index (χ0v) is 8.28. The molecule has 2 rings (SSSR count). The van der Waals surface area contributed by atoms with Crippen molar-refractivity contribution in [3.05, 3.63) is 17.3 Å². The molecule has 12 heavy (non-hydrogen) atoms. The first-order valence-electron chi connectivity index (χ1n) is 4.33. The van der Waals surface area contributed by atoms with Crippen molar-refractivity contribution in [2.24, 2.45) is 0 Å². The Balaban J connectivity index is 2.32. The Labute approximate surface area is 76.8 Å². The van der Waals surface area contributed by atoms with Crippen LogP contribution < -0.4 is 0 Å². The van der Waals surface area contributed by atoms with Crippen LogP contribution >= 0.6 is 11.8 Å². The summed E-state index contributed by atoms with van der Waals surface area (Å²) in [5, 5.41) is 0. The van der Waals surface area contributed by atoms with Crippen molar-refractivity contribution in [3.8, 4) is 0 Å². The number of nitrogens with zero attached hydrogens (tertiary/aromatic N) is 1. The first-order chi connectivity index (χ1) is 5.77. The minimum atomic E-state index is 0.417. The molecule has 0 radical (unpaired) electrons. The SMILES string of the molecule is CC(C)c1nc2c(o1)CSCC2. The molecule has 1 aromatic heterocycles. The molecule has 0 bridgehead atoms. The smallest absolute Gasteiger partial charge is 0.197 e. The Morgan fingerprint density at radius 3 is 3.00 bits per heavy atom. The second-order valence-electron chi connectivity index (χ2n) is 3.38. The minimum Gasteiger partial charge on any atom is -0.444 e. The Bertz CT molecular complexity index is 257. The van der Waals surface area contributed by atoms with Crippen molar-refractivity contribution >= 4 is 11.8 Å². The van der Waals surface area contributed by atoms with Crippen LogP contribution in [0.1, 0.15) is 37.1 Å². The minimum absolute atomic E-state index is 0.417. The third-order valence-corrected chi connectivity index (χ3v) is 2.96. The molecular formula is C9H13NOS. The summed E-state index contributed by atoms with van der Waals surface area (Å²) in [6.07, 6.45) is 1.08. The first kappa shape index (κ1) is 8.17. The Morgan fingerprint density at radius 1 is 1.50 bits per heavy atom. The van der Waals surface area contributed by atoms with Gasteiger partial charge in [-0.05, 0) is 5.75 Å². The van der Waals surface area contributed by atoms with Crippen LogP contribution in [-0.2, 0) is 12.2 Å². The molecule has 3 heteroatoms. The van der Waals surface area contributed by atoms with E-state index in [4.69, 9.17) is 4.42 Å². The van der Waals surface area contributed by atoms with Crippen molar-refractivity contribution in [1.82, 2.24) is 4.98 Å². The third kappa shape index (κ3) is 1.38. The van der Waals surface area contributed by atoms with E-state index in [0.29, 0.717) is 5.92 Å². The molecule has 0 aromatic carbocycles. The van der Waals surface area contributed by atoms with Crippen LogP contribution in [-0.4, -0.2) is 10.7 Å². The van der Waals surface area contributed by atoms with Gasteiger partial charge in [0.25, 0.3) is 0 Å². The maximum atomic E-state index is 5.64. The molecule has 0 fully saturated rings. The summed E-state index contributed by atoms with van der Waals surface area (Å²) in [5.41, 5.74) is 1.19. The molecule has 0 saturated heterocycles. The molecule has 0 atom stereocenters. The number of rotatable bonds is 1.